The van der Waals surface area contributed by atoms with Gasteiger partial charge in [0.2, 0.25) is 0 Å². The number of amides is 1. The molecule has 1 amide bonds. The fraction of sp³-hybridized carbons (Fsp3) is 0.231. The van der Waals surface area contributed by atoms with Gasteiger partial charge in [-0.15, -0.1) is 0 Å². The summed E-state index contributed by atoms with van der Waals surface area (Å²) in [6, 6.07) is 18.0. The van der Waals surface area contributed by atoms with E-state index < -0.39 is 0 Å². The Morgan fingerprint density at radius 2 is 1.65 bits per heavy atom. The summed E-state index contributed by atoms with van der Waals surface area (Å²) in [4.78, 5) is 15.6. The highest BCUT2D eigenvalue weighted by Crippen LogP contribution is 2.24. The van der Waals surface area contributed by atoms with Crippen molar-refractivity contribution >= 4 is 11.6 Å². The lowest BCUT2D eigenvalue weighted by Crippen LogP contribution is -2.44. The molecule has 0 spiro atoms. The van der Waals surface area contributed by atoms with E-state index in [2.05, 4.69) is 27.4 Å². The van der Waals surface area contributed by atoms with E-state index in [0.29, 0.717) is 17.1 Å². The zero-order valence-electron chi connectivity index (χ0n) is 18.9. The van der Waals surface area contributed by atoms with Crippen LogP contribution >= 0.6 is 0 Å². The molecule has 3 heterocycles. The topological polar surface area (TPSA) is 64.3 Å². The van der Waals surface area contributed by atoms with E-state index in [9.17, 15) is 9.18 Å². The molecule has 4 aromatic rings. The maximum Gasteiger partial charge on any atom is 0.256 e. The van der Waals surface area contributed by atoms with Crippen LogP contribution in [0.2, 0.25) is 0 Å². The molecule has 1 aliphatic rings. The molecular weight excluding hydrogens is 433 g/mol. The van der Waals surface area contributed by atoms with Crippen molar-refractivity contribution in [2.24, 2.45) is 0 Å². The highest BCUT2D eigenvalue weighted by atomic mass is 19.1. The van der Waals surface area contributed by atoms with Crippen LogP contribution in [0.1, 0.15) is 23.2 Å². The van der Waals surface area contributed by atoms with Gasteiger partial charge in [-0.1, -0.05) is 0 Å². The van der Waals surface area contributed by atoms with Crippen molar-refractivity contribution in [3.63, 3.8) is 0 Å². The molecule has 2 aromatic heterocycles. The molecule has 7 nitrogen and oxygen atoms in total. The average molecular weight is 460 g/mol. The smallest absolute Gasteiger partial charge is 0.256 e. The van der Waals surface area contributed by atoms with Crippen molar-refractivity contribution in [3.05, 3.63) is 90.6 Å². The zero-order valence-corrected chi connectivity index (χ0v) is 18.9. The number of rotatable bonds is 6. The van der Waals surface area contributed by atoms with Gasteiger partial charge in [0.25, 0.3) is 5.91 Å². The number of hydrogen-bond acceptors (Lipinski definition) is 4. The maximum absolute atomic E-state index is 13.4. The van der Waals surface area contributed by atoms with Gasteiger partial charge in [0.15, 0.2) is 5.82 Å². The summed E-state index contributed by atoms with van der Waals surface area (Å²) in [6.45, 7) is 1.72. The molecular formula is C26H26FN5O2. The van der Waals surface area contributed by atoms with E-state index in [0.717, 1.165) is 37.4 Å². The summed E-state index contributed by atoms with van der Waals surface area (Å²) in [5.74, 6) is 0.965. The summed E-state index contributed by atoms with van der Waals surface area (Å²) in [6.07, 6.45) is 6.99. The highest BCUT2D eigenvalue weighted by Gasteiger charge is 2.25. The first-order valence-corrected chi connectivity index (χ1v) is 11.3. The first kappa shape index (κ1) is 21.8. The Morgan fingerprint density at radius 3 is 2.29 bits per heavy atom. The number of ether oxygens (including phenoxy) is 1. The van der Waals surface area contributed by atoms with E-state index in [1.807, 2.05) is 41.2 Å². The van der Waals surface area contributed by atoms with Crippen molar-refractivity contribution in [2.45, 2.75) is 18.9 Å². The molecule has 0 radical (unpaired) electrons. The van der Waals surface area contributed by atoms with Crippen LogP contribution < -0.4 is 15.0 Å². The molecule has 34 heavy (non-hydrogen) atoms. The minimum Gasteiger partial charge on any atom is -0.497 e. The van der Waals surface area contributed by atoms with Crippen LogP contribution in [0, 0.1) is 5.82 Å². The number of carbonyl (C=O) groups excluding carboxylic acids is 1. The summed E-state index contributed by atoms with van der Waals surface area (Å²) in [7, 11) is 1.66. The number of hydrogen-bond donors (Lipinski definition) is 1. The van der Waals surface area contributed by atoms with Crippen molar-refractivity contribution in [3.8, 4) is 17.3 Å². The van der Waals surface area contributed by atoms with E-state index in [1.165, 1.54) is 12.1 Å². The first-order valence-electron chi connectivity index (χ1n) is 11.3. The van der Waals surface area contributed by atoms with E-state index in [-0.39, 0.29) is 17.8 Å². The molecule has 0 saturated carbocycles. The number of benzene rings is 2. The van der Waals surface area contributed by atoms with Crippen LogP contribution in [0.3, 0.4) is 0 Å². The molecule has 2 aromatic carbocycles. The van der Waals surface area contributed by atoms with Crippen molar-refractivity contribution in [2.75, 3.05) is 25.1 Å². The standard InChI is InChI=1S/C26H26FN5O2/c1-34-23-10-8-21(9-11-23)30-16-12-20(13-17-30)29-25(33)24-18-28-32(22-6-4-19(27)5-7-22)26(24)31-14-2-3-15-31/h2-11,14-15,18,20H,12-13,16-17H2,1H3,(H,29,33). The molecule has 0 atom stereocenters. The predicted octanol–water partition coefficient (Wildman–Crippen LogP) is 4.21. The Morgan fingerprint density at radius 1 is 1.00 bits per heavy atom. The molecule has 8 heteroatoms. The van der Waals surface area contributed by atoms with Gasteiger partial charge in [0.05, 0.1) is 19.0 Å². The molecule has 1 aliphatic heterocycles. The van der Waals surface area contributed by atoms with Crippen LogP contribution in [-0.4, -0.2) is 46.5 Å². The van der Waals surface area contributed by atoms with E-state index in [4.69, 9.17) is 4.74 Å². The molecule has 0 bridgehead atoms. The second kappa shape index (κ2) is 9.43. The van der Waals surface area contributed by atoms with Gasteiger partial charge in [-0.3, -0.25) is 4.79 Å². The molecule has 5 rings (SSSR count). The lowest BCUT2D eigenvalue weighted by atomic mass is 10.0. The number of carbonyl (C=O) groups is 1. The normalized spacial score (nSPS) is 14.2. The van der Waals surface area contributed by atoms with Gasteiger partial charge in [0.1, 0.15) is 17.1 Å². The zero-order chi connectivity index (χ0) is 23.5. The summed E-state index contributed by atoms with van der Waals surface area (Å²) in [5.41, 5.74) is 2.30. The molecule has 0 aliphatic carbocycles. The lowest BCUT2D eigenvalue weighted by molar-refractivity contribution is 0.0931. The van der Waals surface area contributed by atoms with Gasteiger partial charge in [-0.25, -0.2) is 9.07 Å². The minimum absolute atomic E-state index is 0.0775. The summed E-state index contributed by atoms with van der Waals surface area (Å²) >= 11 is 0. The number of nitrogens with zero attached hydrogens (tertiary/aromatic N) is 4. The quantitative estimate of drug-likeness (QED) is 0.469. The molecule has 0 unspecified atom stereocenters. The number of anilines is 1. The Labute approximate surface area is 197 Å². The fourth-order valence-corrected chi connectivity index (χ4v) is 4.34. The van der Waals surface area contributed by atoms with Gasteiger partial charge in [-0.2, -0.15) is 5.10 Å². The third kappa shape index (κ3) is 4.39. The number of nitrogens with one attached hydrogen (secondary N) is 1. The van der Waals surface area contributed by atoms with Crippen LogP contribution in [0.4, 0.5) is 10.1 Å². The van der Waals surface area contributed by atoms with Crippen molar-refractivity contribution < 1.29 is 13.9 Å². The van der Waals surface area contributed by atoms with Crippen LogP contribution in [0.5, 0.6) is 5.75 Å². The minimum atomic E-state index is -0.322. The van der Waals surface area contributed by atoms with Crippen molar-refractivity contribution in [1.29, 1.82) is 0 Å². The number of aromatic nitrogens is 3. The Kier molecular flexibility index (Phi) is 6.03. The molecule has 174 valence electrons. The highest BCUT2D eigenvalue weighted by molar-refractivity contribution is 5.97. The second-order valence-corrected chi connectivity index (χ2v) is 8.29. The Hall–Kier alpha value is -4.07. The van der Waals surface area contributed by atoms with Crippen molar-refractivity contribution in [1.82, 2.24) is 19.7 Å². The Balaban J connectivity index is 1.31. The third-order valence-corrected chi connectivity index (χ3v) is 6.18. The SMILES string of the molecule is COc1ccc(N2CCC(NC(=O)c3cnn(-c4ccc(F)cc4)c3-n3cccc3)CC2)cc1. The molecule has 1 N–H and O–H groups in total. The van der Waals surface area contributed by atoms with Crippen LogP contribution in [0.15, 0.2) is 79.3 Å². The molecule has 1 saturated heterocycles. The van der Waals surface area contributed by atoms with Gasteiger partial charge < -0.3 is 19.5 Å². The predicted molar refractivity (Wildman–Crippen MR) is 129 cm³/mol. The number of methoxy groups -OCH3 is 1. The average Bonchev–Trinajstić information content (AvgIpc) is 3.55. The van der Waals surface area contributed by atoms with Crippen LogP contribution in [0.25, 0.3) is 11.5 Å². The third-order valence-electron chi connectivity index (χ3n) is 6.18. The summed E-state index contributed by atoms with van der Waals surface area (Å²) < 4.78 is 22.2. The molecule has 1 fully saturated rings. The number of halogens is 1. The number of piperidine rings is 1. The van der Waals surface area contributed by atoms with E-state index >= 15 is 0 Å². The lowest BCUT2D eigenvalue weighted by Gasteiger charge is -2.34. The maximum atomic E-state index is 13.4. The van der Waals surface area contributed by atoms with Gasteiger partial charge in [0, 0.05) is 37.2 Å². The fourth-order valence-electron chi connectivity index (χ4n) is 4.34. The second-order valence-electron chi connectivity index (χ2n) is 8.29. The monoisotopic (exact) mass is 459 g/mol. The first-order chi connectivity index (χ1) is 16.6. The Bertz CT molecular complexity index is 1240. The van der Waals surface area contributed by atoms with E-state index in [1.54, 1.807) is 30.1 Å². The van der Waals surface area contributed by atoms with Crippen LogP contribution in [-0.2, 0) is 0 Å². The van der Waals surface area contributed by atoms with Gasteiger partial charge >= 0.3 is 0 Å². The van der Waals surface area contributed by atoms with Gasteiger partial charge in [-0.05, 0) is 73.5 Å². The summed E-state index contributed by atoms with van der Waals surface area (Å²) in [5, 5.41) is 7.64. The largest absolute Gasteiger partial charge is 0.497 e.